The first-order valence-electron chi connectivity index (χ1n) is 6.07. The van der Waals surface area contributed by atoms with Crippen LogP contribution in [-0.4, -0.2) is 16.8 Å². The Bertz CT molecular complexity index is 490. The van der Waals surface area contributed by atoms with Gasteiger partial charge in [0.2, 0.25) is 0 Å². The van der Waals surface area contributed by atoms with E-state index in [2.05, 4.69) is 19.9 Å². The minimum absolute atomic E-state index is 0.0963. The van der Waals surface area contributed by atoms with Gasteiger partial charge in [0.05, 0.1) is 6.54 Å². The number of carbonyl (C=O) groups excluding carboxylic acids is 1. The SMILES string of the molecule is CC(C)N(Cc1cccs1)C(=O)c1ccccc1. The van der Waals surface area contributed by atoms with Gasteiger partial charge < -0.3 is 4.90 Å². The molecule has 0 aliphatic carbocycles. The molecule has 3 heteroatoms. The van der Waals surface area contributed by atoms with Gasteiger partial charge in [-0.3, -0.25) is 4.79 Å². The molecule has 0 unspecified atom stereocenters. The molecule has 0 spiro atoms. The smallest absolute Gasteiger partial charge is 0.254 e. The molecular formula is C15H17NOS. The van der Waals surface area contributed by atoms with Gasteiger partial charge >= 0.3 is 0 Å². The van der Waals surface area contributed by atoms with Crippen LogP contribution in [0.5, 0.6) is 0 Å². The summed E-state index contributed by atoms with van der Waals surface area (Å²) in [5.74, 6) is 0.0963. The number of thiophene rings is 1. The van der Waals surface area contributed by atoms with Gasteiger partial charge in [-0.05, 0) is 37.4 Å². The van der Waals surface area contributed by atoms with Crippen molar-refractivity contribution in [2.45, 2.75) is 26.4 Å². The first-order chi connectivity index (χ1) is 8.68. The van der Waals surface area contributed by atoms with Crippen LogP contribution < -0.4 is 0 Å². The normalized spacial score (nSPS) is 10.6. The highest BCUT2D eigenvalue weighted by molar-refractivity contribution is 7.09. The van der Waals surface area contributed by atoms with E-state index in [4.69, 9.17) is 0 Å². The third kappa shape index (κ3) is 2.99. The van der Waals surface area contributed by atoms with Crippen molar-refractivity contribution < 1.29 is 4.79 Å². The molecule has 0 atom stereocenters. The van der Waals surface area contributed by atoms with Crippen molar-refractivity contribution in [3.8, 4) is 0 Å². The second-order valence-electron chi connectivity index (χ2n) is 4.47. The fraction of sp³-hybridized carbons (Fsp3) is 0.267. The molecule has 1 amide bonds. The maximum atomic E-state index is 12.4. The van der Waals surface area contributed by atoms with Gasteiger partial charge in [0, 0.05) is 16.5 Å². The Morgan fingerprint density at radius 1 is 1.17 bits per heavy atom. The Kier molecular flexibility index (Phi) is 4.15. The second-order valence-corrected chi connectivity index (χ2v) is 5.50. The van der Waals surface area contributed by atoms with Gasteiger partial charge in [-0.1, -0.05) is 24.3 Å². The Balaban J connectivity index is 2.18. The van der Waals surface area contributed by atoms with E-state index in [1.807, 2.05) is 46.7 Å². The van der Waals surface area contributed by atoms with E-state index in [1.54, 1.807) is 11.3 Å². The van der Waals surface area contributed by atoms with Crippen molar-refractivity contribution in [3.05, 3.63) is 58.3 Å². The zero-order valence-corrected chi connectivity index (χ0v) is 11.5. The Hall–Kier alpha value is -1.61. The van der Waals surface area contributed by atoms with Crippen LogP contribution in [-0.2, 0) is 6.54 Å². The van der Waals surface area contributed by atoms with Crippen LogP contribution in [0.15, 0.2) is 47.8 Å². The largest absolute Gasteiger partial charge is 0.331 e. The molecule has 1 aromatic carbocycles. The average molecular weight is 259 g/mol. The molecule has 2 aromatic rings. The predicted molar refractivity (Wildman–Crippen MR) is 75.8 cm³/mol. The molecule has 18 heavy (non-hydrogen) atoms. The lowest BCUT2D eigenvalue weighted by molar-refractivity contribution is 0.0692. The predicted octanol–water partition coefficient (Wildman–Crippen LogP) is 3.80. The Morgan fingerprint density at radius 2 is 1.89 bits per heavy atom. The lowest BCUT2D eigenvalue weighted by Crippen LogP contribution is -2.36. The van der Waals surface area contributed by atoms with Gasteiger partial charge in [-0.15, -0.1) is 11.3 Å². The molecule has 0 saturated heterocycles. The molecule has 0 fully saturated rings. The van der Waals surface area contributed by atoms with E-state index in [-0.39, 0.29) is 11.9 Å². The van der Waals surface area contributed by atoms with Crippen molar-refractivity contribution in [1.82, 2.24) is 4.90 Å². The highest BCUT2D eigenvalue weighted by atomic mass is 32.1. The third-order valence-corrected chi connectivity index (χ3v) is 3.67. The molecule has 0 aliphatic heterocycles. The van der Waals surface area contributed by atoms with Gasteiger partial charge in [0.25, 0.3) is 5.91 Å². The van der Waals surface area contributed by atoms with E-state index in [0.717, 1.165) is 5.56 Å². The first kappa shape index (κ1) is 12.8. The summed E-state index contributed by atoms with van der Waals surface area (Å²) in [6, 6.07) is 13.7. The molecule has 1 aromatic heterocycles. The molecule has 2 rings (SSSR count). The first-order valence-corrected chi connectivity index (χ1v) is 6.95. The topological polar surface area (TPSA) is 20.3 Å². The molecule has 1 heterocycles. The van der Waals surface area contributed by atoms with E-state index in [0.29, 0.717) is 6.54 Å². The summed E-state index contributed by atoms with van der Waals surface area (Å²) in [5, 5.41) is 2.04. The summed E-state index contributed by atoms with van der Waals surface area (Å²) in [6.07, 6.45) is 0. The zero-order chi connectivity index (χ0) is 13.0. The lowest BCUT2D eigenvalue weighted by atomic mass is 10.1. The fourth-order valence-corrected chi connectivity index (χ4v) is 2.51. The molecule has 0 aliphatic rings. The highest BCUT2D eigenvalue weighted by Gasteiger charge is 2.18. The average Bonchev–Trinajstić information content (AvgIpc) is 2.89. The minimum atomic E-state index is 0.0963. The van der Waals surface area contributed by atoms with Gasteiger partial charge in [0.1, 0.15) is 0 Å². The number of nitrogens with zero attached hydrogens (tertiary/aromatic N) is 1. The number of rotatable bonds is 4. The van der Waals surface area contributed by atoms with Crippen LogP contribution in [0.3, 0.4) is 0 Å². The molecule has 0 saturated carbocycles. The summed E-state index contributed by atoms with van der Waals surface area (Å²) >= 11 is 1.69. The quantitative estimate of drug-likeness (QED) is 0.818. The van der Waals surface area contributed by atoms with E-state index in [1.165, 1.54) is 4.88 Å². The van der Waals surface area contributed by atoms with Crippen LogP contribution in [0, 0.1) is 0 Å². The van der Waals surface area contributed by atoms with Crippen molar-refractivity contribution >= 4 is 17.2 Å². The summed E-state index contributed by atoms with van der Waals surface area (Å²) in [6.45, 7) is 4.78. The highest BCUT2D eigenvalue weighted by Crippen LogP contribution is 2.16. The summed E-state index contributed by atoms with van der Waals surface area (Å²) in [4.78, 5) is 15.6. The molecule has 0 bridgehead atoms. The van der Waals surface area contributed by atoms with E-state index < -0.39 is 0 Å². The lowest BCUT2D eigenvalue weighted by Gasteiger charge is -2.26. The van der Waals surface area contributed by atoms with Crippen LogP contribution in [0.2, 0.25) is 0 Å². The summed E-state index contributed by atoms with van der Waals surface area (Å²) < 4.78 is 0. The standard InChI is InChI=1S/C15H17NOS/c1-12(2)16(11-14-9-6-10-18-14)15(17)13-7-4-3-5-8-13/h3-10,12H,11H2,1-2H3. The van der Waals surface area contributed by atoms with Crippen molar-refractivity contribution in [3.63, 3.8) is 0 Å². The summed E-state index contributed by atoms with van der Waals surface area (Å²) in [5.41, 5.74) is 0.753. The summed E-state index contributed by atoms with van der Waals surface area (Å²) in [7, 11) is 0. The molecular weight excluding hydrogens is 242 g/mol. The number of benzene rings is 1. The van der Waals surface area contributed by atoms with Crippen LogP contribution in [0.25, 0.3) is 0 Å². The molecule has 2 nitrogen and oxygen atoms in total. The van der Waals surface area contributed by atoms with E-state index in [9.17, 15) is 4.79 Å². The van der Waals surface area contributed by atoms with Gasteiger partial charge in [0.15, 0.2) is 0 Å². The third-order valence-electron chi connectivity index (χ3n) is 2.81. The molecule has 94 valence electrons. The van der Waals surface area contributed by atoms with Crippen LogP contribution in [0.4, 0.5) is 0 Å². The van der Waals surface area contributed by atoms with Gasteiger partial charge in [-0.2, -0.15) is 0 Å². The maximum Gasteiger partial charge on any atom is 0.254 e. The second kappa shape index (κ2) is 5.83. The van der Waals surface area contributed by atoms with Gasteiger partial charge in [-0.25, -0.2) is 0 Å². The number of hydrogen-bond donors (Lipinski definition) is 0. The van der Waals surface area contributed by atoms with E-state index >= 15 is 0 Å². The van der Waals surface area contributed by atoms with Crippen LogP contribution >= 0.6 is 11.3 Å². The number of hydrogen-bond acceptors (Lipinski definition) is 2. The maximum absolute atomic E-state index is 12.4. The fourth-order valence-electron chi connectivity index (χ4n) is 1.81. The number of amides is 1. The Labute approximate surface area is 112 Å². The molecule has 0 radical (unpaired) electrons. The van der Waals surface area contributed by atoms with Crippen molar-refractivity contribution in [1.29, 1.82) is 0 Å². The zero-order valence-electron chi connectivity index (χ0n) is 10.7. The number of carbonyl (C=O) groups is 1. The minimum Gasteiger partial charge on any atom is -0.331 e. The Morgan fingerprint density at radius 3 is 2.44 bits per heavy atom. The van der Waals surface area contributed by atoms with Crippen molar-refractivity contribution in [2.24, 2.45) is 0 Å². The van der Waals surface area contributed by atoms with Crippen LogP contribution in [0.1, 0.15) is 29.1 Å². The monoisotopic (exact) mass is 259 g/mol. The molecule has 0 N–H and O–H groups in total. The van der Waals surface area contributed by atoms with Crippen molar-refractivity contribution in [2.75, 3.05) is 0 Å².